The zero-order valence-electron chi connectivity index (χ0n) is 29.0. The van der Waals surface area contributed by atoms with E-state index >= 15 is 0 Å². The molecule has 1 saturated carbocycles. The molecule has 0 bridgehead atoms. The zero-order chi connectivity index (χ0) is 34.6. The summed E-state index contributed by atoms with van der Waals surface area (Å²) >= 11 is 0. The number of terminal acetylenes is 1. The van der Waals surface area contributed by atoms with Gasteiger partial charge in [-0.15, -0.1) is 18.9 Å². The van der Waals surface area contributed by atoms with Gasteiger partial charge in [-0.2, -0.15) is 0 Å². The second kappa shape index (κ2) is 28.6. The van der Waals surface area contributed by atoms with Gasteiger partial charge in [-0.25, -0.2) is 4.79 Å². The van der Waals surface area contributed by atoms with E-state index in [1.165, 1.54) is 25.3 Å². The fourth-order valence-corrected chi connectivity index (χ4v) is 4.86. The predicted molar refractivity (Wildman–Crippen MR) is 181 cm³/mol. The number of carbonyl (C=O) groups is 5. The Kier molecular flexibility index (Phi) is 29.4. The SMILES string of the molecule is C#CCCC(NC)C(=O)C(=O)NCC=C.C=O.CC.CCCC.CNC(=O)NC(C(=O)N1CCCC1C)C1(C)CCCCC1. The van der Waals surface area contributed by atoms with Gasteiger partial charge in [0, 0.05) is 32.6 Å². The van der Waals surface area contributed by atoms with E-state index in [1.807, 2.05) is 25.5 Å². The molecule has 0 spiro atoms. The van der Waals surface area contributed by atoms with Crippen LogP contribution in [0.1, 0.15) is 112 Å². The fourth-order valence-electron chi connectivity index (χ4n) is 4.86. The molecule has 0 aromatic rings. The van der Waals surface area contributed by atoms with Crippen molar-refractivity contribution in [2.45, 2.75) is 130 Å². The van der Waals surface area contributed by atoms with Crippen molar-refractivity contribution in [1.29, 1.82) is 0 Å². The highest BCUT2D eigenvalue weighted by Crippen LogP contribution is 2.40. The number of unbranched alkanes of at least 4 members (excludes halogenated alkanes) is 1. The van der Waals surface area contributed by atoms with Crippen molar-refractivity contribution in [3.63, 3.8) is 0 Å². The fraction of sp³-hybridized carbons (Fsp3) is 0.735. The molecule has 1 saturated heterocycles. The highest BCUT2D eigenvalue weighted by Gasteiger charge is 2.44. The average molecular weight is 622 g/mol. The molecule has 10 heteroatoms. The molecule has 2 fully saturated rings. The maximum atomic E-state index is 13.0. The van der Waals surface area contributed by atoms with Crippen molar-refractivity contribution in [2.75, 3.05) is 27.2 Å². The minimum Gasteiger partial charge on any atom is -0.346 e. The second-order valence-electron chi connectivity index (χ2n) is 10.8. The number of amides is 4. The van der Waals surface area contributed by atoms with Gasteiger partial charge in [0.1, 0.15) is 12.8 Å². The van der Waals surface area contributed by atoms with Crippen LogP contribution < -0.4 is 21.3 Å². The number of hydrogen-bond acceptors (Lipinski definition) is 6. The first kappa shape index (κ1) is 45.2. The van der Waals surface area contributed by atoms with Crippen LogP contribution in [0.5, 0.6) is 0 Å². The van der Waals surface area contributed by atoms with Crippen LogP contribution in [-0.2, 0) is 19.2 Å². The Bertz CT molecular complexity index is 849. The van der Waals surface area contributed by atoms with Gasteiger partial charge in [0.25, 0.3) is 5.91 Å². The minimum atomic E-state index is -0.605. The molecule has 0 aromatic carbocycles. The molecule has 254 valence electrons. The molecule has 4 amide bonds. The summed E-state index contributed by atoms with van der Waals surface area (Å²) in [6, 6.07) is -0.880. The lowest BCUT2D eigenvalue weighted by molar-refractivity contribution is -0.139. The number of likely N-dealkylation sites (tertiary alicyclic amines) is 1. The first-order valence-corrected chi connectivity index (χ1v) is 16.2. The summed E-state index contributed by atoms with van der Waals surface area (Å²) < 4.78 is 0. The van der Waals surface area contributed by atoms with Gasteiger partial charge in [0.15, 0.2) is 0 Å². The molecular formula is C34H63N5O5. The van der Waals surface area contributed by atoms with Crippen LogP contribution in [0.25, 0.3) is 0 Å². The number of hydrogen-bond donors (Lipinski definition) is 4. The van der Waals surface area contributed by atoms with Gasteiger partial charge in [-0.05, 0) is 51.5 Å². The number of Topliss-reactive ketones (excluding diaryl/α,β-unsaturated/α-hetero) is 1. The summed E-state index contributed by atoms with van der Waals surface area (Å²) in [4.78, 5) is 57.5. The third kappa shape index (κ3) is 17.8. The van der Waals surface area contributed by atoms with E-state index in [-0.39, 0.29) is 23.9 Å². The van der Waals surface area contributed by atoms with E-state index in [0.29, 0.717) is 18.9 Å². The van der Waals surface area contributed by atoms with E-state index in [1.54, 1.807) is 14.1 Å². The smallest absolute Gasteiger partial charge is 0.315 e. The molecule has 1 aliphatic heterocycles. The summed E-state index contributed by atoms with van der Waals surface area (Å²) in [7, 11) is 3.22. The molecule has 1 heterocycles. The number of nitrogens with zero attached hydrogens (tertiary/aromatic N) is 1. The Morgan fingerprint density at radius 1 is 1.05 bits per heavy atom. The molecule has 3 atom stereocenters. The summed E-state index contributed by atoms with van der Waals surface area (Å²) in [5.74, 6) is 1.44. The molecule has 0 aromatic heterocycles. The van der Waals surface area contributed by atoms with Gasteiger partial charge in [0.05, 0.1) is 6.04 Å². The summed E-state index contributed by atoms with van der Waals surface area (Å²) in [5, 5.41) is 10.7. The van der Waals surface area contributed by atoms with Gasteiger partial charge >= 0.3 is 6.03 Å². The van der Waals surface area contributed by atoms with Crippen LogP contribution in [0.2, 0.25) is 0 Å². The van der Waals surface area contributed by atoms with Gasteiger partial charge in [-0.3, -0.25) is 14.4 Å². The van der Waals surface area contributed by atoms with Crippen molar-refractivity contribution in [3.8, 4) is 12.3 Å². The highest BCUT2D eigenvalue weighted by atomic mass is 16.2. The Balaban J connectivity index is -0.000000640. The minimum absolute atomic E-state index is 0.105. The van der Waals surface area contributed by atoms with Gasteiger partial charge < -0.3 is 31.0 Å². The molecule has 10 nitrogen and oxygen atoms in total. The third-order valence-electron chi connectivity index (χ3n) is 7.65. The van der Waals surface area contributed by atoms with E-state index < -0.39 is 23.8 Å². The van der Waals surface area contributed by atoms with E-state index in [9.17, 15) is 19.2 Å². The lowest BCUT2D eigenvalue weighted by atomic mass is 9.70. The van der Waals surface area contributed by atoms with Gasteiger partial charge in [-0.1, -0.05) is 72.8 Å². The third-order valence-corrected chi connectivity index (χ3v) is 7.65. The highest BCUT2D eigenvalue weighted by molar-refractivity contribution is 6.38. The van der Waals surface area contributed by atoms with Crippen molar-refractivity contribution >= 4 is 30.4 Å². The standard InChI is InChI=1S/C16H29N3O2.C11H16N2O2.C4H10.C2H6.CH2O/c1-12-8-7-11-19(12)14(20)13(18-15(21)17-3)16(2)9-5-4-6-10-16;1-4-6-7-9(12-3)10(14)11(15)13-8-5-2;1-3-4-2;2*1-2/h12-13H,4-11H2,1-3H3,(H2,17,18,21);1,5,9,12H,2,6-8H2,3H3,(H,13,15);3-4H2,1-2H3;1-2H3;1H2. The molecular weight excluding hydrogens is 558 g/mol. The maximum absolute atomic E-state index is 13.0. The largest absolute Gasteiger partial charge is 0.346 e. The van der Waals surface area contributed by atoms with Crippen molar-refractivity contribution in [2.24, 2.45) is 5.41 Å². The topological polar surface area (TPSA) is 137 Å². The Hall–Kier alpha value is -3.19. The number of nitrogens with one attached hydrogen (secondary N) is 4. The van der Waals surface area contributed by atoms with E-state index in [0.717, 1.165) is 45.1 Å². The number of urea groups is 1. The Morgan fingerprint density at radius 3 is 2.02 bits per heavy atom. The molecule has 0 radical (unpaired) electrons. The van der Waals surface area contributed by atoms with Crippen LogP contribution in [0, 0.1) is 17.8 Å². The van der Waals surface area contributed by atoms with Crippen molar-refractivity contribution in [3.05, 3.63) is 12.7 Å². The van der Waals surface area contributed by atoms with Crippen molar-refractivity contribution in [1.82, 2.24) is 26.2 Å². The number of likely N-dealkylation sites (N-methyl/N-ethyl adjacent to an activating group) is 1. The molecule has 2 aliphatic rings. The van der Waals surface area contributed by atoms with E-state index in [2.05, 4.69) is 61.5 Å². The summed E-state index contributed by atoms with van der Waals surface area (Å²) in [6.07, 6.45) is 17.8. The molecule has 44 heavy (non-hydrogen) atoms. The predicted octanol–water partition coefficient (Wildman–Crippen LogP) is 4.77. The molecule has 1 aliphatic carbocycles. The Morgan fingerprint density at radius 2 is 1.61 bits per heavy atom. The molecule has 3 unspecified atom stereocenters. The van der Waals surface area contributed by atoms with Crippen LogP contribution >= 0.6 is 0 Å². The number of ketones is 1. The van der Waals surface area contributed by atoms with Crippen LogP contribution in [-0.4, -0.2) is 80.6 Å². The zero-order valence-corrected chi connectivity index (χ0v) is 29.0. The van der Waals surface area contributed by atoms with Crippen molar-refractivity contribution < 1.29 is 24.0 Å². The lowest BCUT2D eigenvalue weighted by Gasteiger charge is -2.42. The monoisotopic (exact) mass is 621 g/mol. The Labute approximate surface area is 268 Å². The van der Waals surface area contributed by atoms with Crippen LogP contribution in [0.15, 0.2) is 12.7 Å². The van der Waals surface area contributed by atoms with Gasteiger partial charge in [0.2, 0.25) is 11.7 Å². The number of rotatable bonds is 11. The normalized spacial score (nSPS) is 17.2. The summed E-state index contributed by atoms with van der Waals surface area (Å²) in [6.45, 7) is 19.2. The number of carbonyl (C=O) groups excluding carboxylic acids is 5. The molecule has 2 rings (SSSR count). The van der Waals surface area contributed by atoms with Crippen LogP contribution in [0.4, 0.5) is 4.79 Å². The first-order valence-electron chi connectivity index (χ1n) is 16.2. The van der Waals surface area contributed by atoms with Crippen LogP contribution in [0.3, 0.4) is 0 Å². The van der Waals surface area contributed by atoms with E-state index in [4.69, 9.17) is 11.2 Å². The quantitative estimate of drug-likeness (QED) is 0.149. The lowest BCUT2D eigenvalue weighted by Crippen LogP contribution is -2.58. The summed E-state index contributed by atoms with van der Waals surface area (Å²) in [5.41, 5.74) is -0.121. The maximum Gasteiger partial charge on any atom is 0.315 e. The average Bonchev–Trinajstić information content (AvgIpc) is 3.50. The first-order chi connectivity index (χ1) is 21.1. The second-order valence-corrected chi connectivity index (χ2v) is 10.8. The molecule has 4 N–H and O–H groups in total.